The molecule has 0 bridgehead atoms. The van der Waals surface area contributed by atoms with Gasteiger partial charge in [-0.3, -0.25) is 0 Å². The number of anilines is 1. The molecule has 1 heterocycles. The average Bonchev–Trinajstić information content (AvgIpc) is 2.34. The first-order valence-corrected chi connectivity index (χ1v) is 2.69. The fourth-order valence-corrected chi connectivity index (χ4v) is 0.544. The molecule has 0 aliphatic rings. The Morgan fingerprint density at radius 2 is 2.55 bits per heavy atom. The normalized spacial score (nSPS) is 12.8. The van der Waals surface area contributed by atoms with E-state index in [1.54, 1.807) is 0 Å². The molecule has 60 valence electrons. The van der Waals surface area contributed by atoms with Gasteiger partial charge in [-0.25, -0.2) is 9.18 Å². The molecule has 5 nitrogen and oxygen atoms in total. The third-order valence-electron chi connectivity index (χ3n) is 1.02. The maximum atomic E-state index is 12.5. The zero-order valence-electron chi connectivity index (χ0n) is 5.32. The van der Waals surface area contributed by atoms with Gasteiger partial charge in [0.05, 0.1) is 0 Å². The molecule has 1 atom stereocenters. The topological polar surface area (TPSA) is 89.3 Å². The minimum absolute atomic E-state index is 0.246. The molecule has 0 spiro atoms. The molecule has 1 rings (SSSR count). The predicted octanol–water partition coefficient (Wildman–Crippen LogP) is 0.352. The standard InChI is InChI=1S/C5H5FN2O3/c6-3(4(9)10)2-1-11-5(7)8-2/h1,3H,(H2,7,8)(H,9,10). The van der Waals surface area contributed by atoms with Crippen LogP contribution in [-0.2, 0) is 4.79 Å². The van der Waals surface area contributed by atoms with Crippen molar-refractivity contribution in [3.8, 4) is 0 Å². The van der Waals surface area contributed by atoms with Crippen LogP contribution in [0.25, 0.3) is 0 Å². The molecule has 1 aromatic heterocycles. The Morgan fingerprint density at radius 1 is 1.91 bits per heavy atom. The molecule has 0 radical (unpaired) electrons. The van der Waals surface area contributed by atoms with Gasteiger partial charge in [0.2, 0.25) is 6.17 Å². The molecular weight excluding hydrogens is 155 g/mol. The first-order valence-electron chi connectivity index (χ1n) is 2.69. The number of aliphatic carboxylic acids is 1. The van der Waals surface area contributed by atoms with E-state index in [1.165, 1.54) is 0 Å². The lowest BCUT2D eigenvalue weighted by atomic mass is 10.3. The van der Waals surface area contributed by atoms with E-state index in [2.05, 4.69) is 9.40 Å². The van der Waals surface area contributed by atoms with E-state index < -0.39 is 12.1 Å². The number of oxazole rings is 1. The summed E-state index contributed by atoms with van der Waals surface area (Å²) in [6.07, 6.45) is -1.30. The summed E-state index contributed by atoms with van der Waals surface area (Å²) in [7, 11) is 0. The highest BCUT2D eigenvalue weighted by molar-refractivity contribution is 5.73. The van der Waals surface area contributed by atoms with Gasteiger partial charge in [-0.05, 0) is 0 Å². The van der Waals surface area contributed by atoms with Crippen molar-refractivity contribution in [2.24, 2.45) is 0 Å². The SMILES string of the molecule is Nc1nc(C(F)C(=O)O)co1. The number of rotatable bonds is 2. The number of hydrogen-bond donors (Lipinski definition) is 2. The van der Waals surface area contributed by atoms with Crippen LogP contribution in [-0.4, -0.2) is 16.1 Å². The van der Waals surface area contributed by atoms with Crippen LogP contribution in [0.4, 0.5) is 10.4 Å². The second-order valence-corrected chi connectivity index (χ2v) is 1.81. The Balaban J connectivity index is 2.84. The van der Waals surface area contributed by atoms with Gasteiger partial charge < -0.3 is 15.3 Å². The van der Waals surface area contributed by atoms with Gasteiger partial charge in [0.1, 0.15) is 12.0 Å². The van der Waals surface area contributed by atoms with Gasteiger partial charge in [0.15, 0.2) is 0 Å². The maximum absolute atomic E-state index is 12.5. The molecule has 0 saturated carbocycles. The van der Waals surface area contributed by atoms with Gasteiger partial charge in [-0.2, -0.15) is 4.98 Å². The number of nitrogens with zero attached hydrogens (tertiary/aromatic N) is 1. The Morgan fingerprint density at radius 3 is 2.91 bits per heavy atom. The lowest BCUT2D eigenvalue weighted by Gasteiger charge is -1.93. The summed E-state index contributed by atoms with van der Waals surface area (Å²) < 4.78 is 16.9. The number of carboxylic acid groups (broad SMARTS) is 1. The van der Waals surface area contributed by atoms with Crippen molar-refractivity contribution < 1.29 is 18.7 Å². The highest BCUT2D eigenvalue weighted by Crippen LogP contribution is 2.16. The third-order valence-corrected chi connectivity index (χ3v) is 1.02. The van der Waals surface area contributed by atoms with E-state index in [9.17, 15) is 9.18 Å². The number of hydrogen-bond acceptors (Lipinski definition) is 4. The lowest BCUT2D eigenvalue weighted by Crippen LogP contribution is -2.06. The summed E-state index contributed by atoms with van der Waals surface area (Å²) in [5.74, 6) is -1.61. The number of carbonyl (C=O) groups is 1. The summed E-state index contributed by atoms with van der Waals surface area (Å²) in [6, 6.07) is -0.246. The number of nitrogen functional groups attached to an aromatic ring is 1. The van der Waals surface area contributed by atoms with Crippen LogP contribution in [0.5, 0.6) is 0 Å². The molecule has 0 aromatic carbocycles. The fraction of sp³-hybridized carbons (Fsp3) is 0.200. The highest BCUT2D eigenvalue weighted by atomic mass is 19.1. The van der Waals surface area contributed by atoms with E-state index in [4.69, 9.17) is 10.8 Å². The summed E-state index contributed by atoms with van der Waals surface area (Å²) in [5.41, 5.74) is 4.66. The van der Waals surface area contributed by atoms with Crippen molar-refractivity contribution in [2.75, 3.05) is 5.73 Å². The average molecular weight is 160 g/mol. The Labute approximate surface area is 60.6 Å². The smallest absolute Gasteiger partial charge is 0.344 e. The molecule has 3 N–H and O–H groups in total. The van der Waals surface area contributed by atoms with Crippen LogP contribution < -0.4 is 5.73 Å². The van der Waals surface area contributed by atoms with Crippen molar-refractivity contribution >= 4 is 12.0 Å². The molecule has 0 saturated heterocycles. The zero-order chi connectivity index (χ0) is 8.43. The predicted molar refractivity (Wildman–Crippen MR) is 32.4 cm³/mol. The first kappa shape index (κ1) is 7.52. The van der Waals surface area contributed by atoms with E-state index in [-0.39, 0.29) is 11.7 Å². The summed E-state index contributed by atoms with van der Waals surface area (Å²) >= 11 is 0. The Hall–Kier alpha value is -1.59. The molecule has 0 aliphatic heterocycles. The zero-order valence-corrected chi connectivity index (χ0v) is 5.32. The molecule has 11 heavy (non-hydrogen) atoms. The first-order chi connectivity index (χ1) is 5.11. The number of carboxylic acids is 1. The largest absolute Gasteiger partial charge is 0.479 e. The Kier molecular flexibility index (Phi) is 1.75. The van der Waals surface area contributed by atoms with Crippen molar-refractivity contribution in [1.82, 2.24) is 4.98 Å². The molecule has 6 heteroatoms. The van der Waals surface area contributed by atoms with Crippen LogP contribution in [0.2, 0.25) is 0 Å². The monoisotopic (exact) mass is 160 g/mol. The minimum atomic E-state index is -2.17. The van der Waals surface area contributed by atoms with Crippen LogP contribution in [0.3, 0.4) is 0 Å². The number of aromatic nitrogens is 1. The number of alkyl halides is 1. The van der Waals surface area contributed by atoms with Crippen molar-refractivity contribution in [3.63, 3.8) is 0 Å². The van der Waals surface area contributed by atoms with E-state index >= 15 is 0 Å². The molecule has 1 aromatic rings. The maximum Gasteiger partial charge on any atom is 0.344 e. The summed E-state index contributed by atoms with van der Waals surface area (Å²) in [6.45, 7) is 0. The number of halogens is 1. The van der Waals surface area contributed by atoms with Gasteiger partial charge in [-0.1, -0.05) is 0 Å². The van der Waals surface area contributed by atoms with Crippen LogP contribution in [0, 0.1) is 0 Å². The van der Waals surface area contributed by atoms with Crippen LogP contribution in [0.15, 0.2) is 10.7 Å². The fourth-order valence-electron chi connectivity index (χ4n) is 0.544. The van der Waals surface area contributed by atoms with Crippen molar-refractivity contribution in [3.05, 3.63) is 12.0 Å². The van der Waals surface area contributed by atoms with E-state index in [0.717, 1.165) is 6.26 Å². The van der Waals surface area contributed by atoms with Gasteiger partial charge in [0.25, 0.3) is 6.01 Å². The van der Waals surface area contributed by atoms with E-state index in [0.29, 0.717) is 0 Å². The highest BCUT2D eigenvalue weighted by Gasteiger charge is 2.21. The van der Waals surface area contributed by atoms with Gasteiger partial charge >= 0.3 is 5.97 Å². The van der Waals surface area contributed by atoms with Gasteiger partial charge in [-0.15, -0.1) is 0 Å². The lowest BCUT2D eigenvalue weighted by molar-refractivity contribution is -0.143. The Bertz CT molecular complexity index is 272. The molecule has 1 unspecified atom stereocenters. The van der Waals surface area contributed by atoms with Crippen molar-refractivity contribution in [2.45, 2.75) is 6.17 Å². The third kappa shape index (κ3) is 1.46. The minimum Gasteiger partial charge on any atom is -0.479 e. The molecule has 0 amide bonds. The summed E-state index contributed by atoms with van der Waals surface area (Å²) in [5, 5.41) is 8.15. The molecule has 0 fully saturated rings. The van der Waals surface area contributed by atoms with Crippen LogP contribution >= 0.6 is 0 Å². The second-order valence-electron chi connectivity index (χ2n) is 1.81. The number of nitrogens with two attached hydrogens (primary N) is 1. The van der Waals surface area contributed by atoms with Crippen molar-refractivity contribution in [1.29, 1.82) is 0 Å². The summed E-state index contributed by atoms with van der Waals surface area (Å²) in [4.78, 5) is 13.3. The molecule has 0 aliphatic carbocycles. The van der Waals surface area contributed by atoms with E-state index in [1.807, 2.05) is 0 Å². The van der Waals surface area contributed by atoms with Crippen LogP contribution in [0.1, 0.15) is 11.9 Å². The van der Waals surface area contributed by atoms with Gasteiger partial charge in [0, 0.05) is 0 Å². The molecular formula is C5H5FN2O3. The second kappa shape index (κ2) is 2.57. The quantitative estimate of drug-likeness (QED) is 0.651.